The van der Waals surface area contributed by atoms with Crippen molar-refractivity contribution >= 4 is 43.4 Å². The minimum atomic E-state index is -2.59. The summed E-state index contributed by atoms with van der Waals surface area (Å²) >= 11 is 1.71. The van der Waals surface area contributed by atoms with Gasteiger partial charge in [0.1, 0.15) is 5.58 Å². The molecule has 5 heteroatoms. The largest absolute Gasteiger partial charge is 0.501 e. The van der Waals surface area contributed by atoms with Crippen LogP contribution >= 0.6 is 11.3 Å². The number of rotatable bonds is 2. The summed E-state index contributed by atoms with van der Waals surface area (Å²) in [6.45, 7) is 3.14. The van der Waals surface area contributed by atoms with Gasteiger partial charge in [0.05, 0.1) is 5.58 Å². The standard InChI is InChI=1S/C22H16NOS.C14H14N.Ir/c1-12-7-19(23-11-13(12)2)17-6-4-5-16-18-10-21-15(8-14(3)25-21)9-20(18)24-22(16)17;1-10-4-6-13(7-5-10)14-8-11(2)12(3)9-15-14;/h4-5,7-11H,1-3H3;4-6,8-9H,1-3H3;/q2*-1;/i1D3,2D3;;. The molecule has 41 heavy (non-hydrogen) atoms. The van der Waals surface area contributed by atoms with Gasteiger partial charge in [0.25, 0.3) is 0 Å². The molecule has 0 fully saturated rings. The van der Waals surface area contributed by atoms with E-state index < -0.39 is 13.7 Å². The van der Waals surface area contributed by atoms with Gasteiger partial charge in [0, 0.05) is 55.7 Å². The first-order valence-electron chi connectivity index (χ1n) is 15.9. The fourth-order valence-corrected chi connectivity index (χ4v) is 5.57. The maximum Gasteiger partial charge on any atom is 0.121 e. The number of fused-ring (bicyclic) bond motifs is 4. The van der Waals surface area contributed by atoms with Crippen LogP contribution in [0.1, 0.15) is 40.9 Å². The number of hydrogen-bond donors (Lipinski definition) is 0. The van der Waals surface area contributed by atoms with Gasteiger partial charge in [-0.3, -0.25) is 0 Å². The summed E-state index contributed by atoms with van der Waals surface area (Å²) in [5, 5.41) is 2.92. The van der Waals surface area contributed by atoms with Gasteiger partial charge in [-0.25, -0.2) is 0 Å². The van der Waals surface area contributed by atoms with E-state index in [1.807, 2.05) is 24.4 Å². The molecule has 0 aliphatic heterocycles. The molecule has 0 saturated carbocycles. The van der Waals surface area contributed by atoms with E-state index >= 15 is 0 Å². The van der Waals surface area contributed by atoms with Gasteiger partial charge in [0.2, 0.25) is 0 Å². The zero-order valence-corrected chi connectivity index (χ0v) is 26.2. The quantitative estimate of drug-likeness (QED) is 0.166. The molecule has 1 radical (unpaired) electrons. The third-order valence-electron chi connectivity index (χ3n) is 6.97. The number of benzene rings is 3. The van der Waals surface area contributed by atoms with Gasteiger partial charge in [-0.05, 0) is 80.6 Å². The van der Waals surface area contributed by atoms with Crippen LogP contribution in [0.2, 0.25) is 0 Å². The van der Waals surface area contributed by atoms with Gasteiger partial charge in [-0.2, -0.15) is 0 Å². The molecule has 0 aliphatic rings. The van der Waals surface area contributed by atoms with Crippen LogP contribution in [0.3, 0.4) is 0 Å². The number of nitrogens with zero attached hydrogens (tertiary/aromatic N) is 2. The number of aromatic nitrogens is 2. The predicted octanol–water partition coefficient (Wildman–Crippen LogP) is 10.1. The van der Waals surface area contributed by atoms with Crippen LogP contribution in [0.5, 0.6) is 0 Å². The molecule has 7 rings (SSSR count). The first-order chi connectivity index (χ1) is 21.7. The Balaban J connectivity index is 0.000000228. The Hall–Kier alpha value is -3.63. The Labute approximate surface area is 267 Å². The van der Waals surface area contributed by atoms with Gasteiger partial charge in [-0.1, -0.05) is 41.1 Å². The van der Waals surface area contributed by atoms with Crippen molar-refractivity contribution < 1.29 is 32.7 Å². The van der Waals surface area contributed by atoms with Crippen molar-refractivity contribution in [2.24, 2.45) is 0 Å². The maximum absolute atomic E-state index is 7.81. The maximum atomic E-state index is 7.81. The molecule has 0 atom stereocenters. The van der Waals surface area contributed by atoms with E-state index in [4.69, 9.17) is 12.6 Å². The molecule has 7 aromatic rings. The number of aryl methyl sites for hydroxylation is 6. The second kappa shape index (κ2) is 11.7. The van der Waals surface area contributed by atoms with Gasteiger partial charge >= 0.3 is 0 Å². The van der Waals surface area contributed by atoms with Crippen molar-refractivity contribution in [2.45, 2.75) is 41.4 Å². The Morgan fingerprint density at radius 3 is 2.32 bits per heavy atom. The summed E-state index contributed by atoms with van der Waals surface area (Å²) in [6, 6.07) is 25.7. The van der Waals surface area contributed by atoms with Crippen molar-refractivity contribution in [1.82, 2.24) is 9.97 Å². The molecule has 3 aromatic carbocycles. The van der Waals surface area contributed by atoms with Gasteiger partial charge in [0.15, 0.2) is 0 Å². The minimum absolute atomic E-state index is 0. The van der Waals surface area contributed by atoms with Crippen LogP contribution in [0, 0.1) is 53.5 Å². The molecule has 4 aromatic heterocycles. The van der Waals surface area contributed by atoms with Crippen LogP contribution in [0.25, 0.3) is 54.5 Å². The Kier molecular flexibility index (Phi) is 6.28. The number of thiophene rings is 1. The topological polar surface area (TPSA) is 38.9 Å². The van der Waals surface area contributed by atoms with Crippen molar-refractivity contribution in [3.63, 3.8) is 0 Å². The molecule has 0 unspecified atom stereocenters. The third-order valence-corrected chi connectivity index (χ3v) is 7.98. The van der Waals surface area contributed by atoms with Crippen molar-refractivity contribution in [1.29, 1.82) is 0 Å². The fraction of sp³-hybridized carbons (Fsp3) is 0.167. The zero-order chi connectivity index (χ0) is 33.0. The molecule has 0 amide bonds. The van der Waals surface area contributed by atoms with Gasteiger partial charge < -0.3 is 14.4 Å². The van der Waals surface area contributed by atoms with Crippen LogP contribution in [-0.2, 0) is 20.1 Å². The molecular weight excluding hydrogens is 701 g/mol. The average Bonchev–Trinajstić information content (AvgIpc) is 3.55. The van der Waals surface area contributed by atoms with Crippen LogP contribution in [-0.4, -0.2) is 9.97 Å². The fourth-order valence-electron chi connectivity index (χ4n) is 4.62. The van der Waals surface area contributed by atoms with Crippen molar-refractivity contribution in [2.75, 3.05) is 0 Å². The Morgan fingerprint density at radius 2 is 1.56 bits per heavy atom. The normalized spacial score (nSPS) is 13.8. The summed E-state index contributed by atoms with van der Waals surface area (Å²) in [6.07, 6.45) is 3.04. The predicted molar refractivity (Wildman–Crippen MR) is 168 cm³/mol. The molecule has 0 aliphatic carbocycles. The molecule has 0 bridgehead atoms. The molecule has 0 saturated heterocycles. The van der Waals surface area contributed by atoms with E-state index in [-0.39, 0.29) is 31.2 Å². The SMILES string of the molecule is Cc1c[c-]c(-c2cc(C)c(C)cn2)cc1.[2H]C([2H])([2H])c1cnc(-c2[c-]ccc3c2oc2cc4cc(C)sc4cc23)cc1C([2H])([2H])[2H].[Ir]. The van der Waals surface area contributed by atoms with Crippen LogP contribution in [0.15, 0.2) is 77.5 Å². The number of pyridine rings is 2. The summed E-state index contributed by atoms with van der Waals surface area (Å²) in [5.41, 5.74) is 7.33. The minimum Gasteiger partial charge on any atom is -0.501 e. The van der Waals surface area contributed by atoms with Gasteiger partial charge in [-0.15, -0.1) is 64.9 Å². The smallest absolute Gasteiger partial charge is 0.121 e. The molecule has 3 nitrogen and oxygen atoms in total. The summed E-state index contributed by atoms with van der Waals surface area (Å²) in [7, 11) is 0. The molecule has 4 heterocycles. The average molecular weight is 737 g/mol. The molecule has 207 valence electrons. The Bertz CT molecular complexity index is 2230. The second-order valence-electron chi connectivity index (χ2n) is 9.99. The Morgan fingerprint density at radius 1 is 0.780 bits per heavy atom. The van der Waals surface area contributed by atoms with Crippen molar-refractivity contribution in [3.05, 3.63) is 118 Å². The van der Waals surface area contributed by atoms with Crippen molar-refractivity contribution in [3.8, 4) is 22.5 Å². The van der Waals surface area contributed by atoms with E-state index in [0.29, 0.717) is 16.8 Å². The van der Waals surface area contributed by atoms with Crippen LogP contribution < -0.4 is 0 Å². The summed E-state index contributed by atoms with van der Waals surface area (Å²) in [4.78, 5) is 9.89. The van der Waals surface area contributed by atoms with E-state index in [2.05, 4.69) is 80.1 Å². The van der Waals surface area contributed by atoms with E-state index in [1.54, 1.807) is 17.4 Å². The molecular formula is C36H30IrN2OS-2. The van der Waals surface area contributed by atoms with E-state index in [0.717, 1.165) is 43.9 Å². The number of hydrogen-bond acceptors (Lipinski definition) is 4. The second-order valence-corrected chi connectivity index (χ2v) is 11.3. The monoisotopic (exact) mass is 737 g/mol. The van der Waals surface area contributed by atoms with Crippen LogP contribution in [0.4, 0.5) is 0 Å². The van der Waals surface area contributed by atoms with E-state index in [9.17, 15) is 0 Å². The molecule has 0 N–H and O–H groups in total. The summed E-state index contributed by atoms with van der Waals surface area (Å²) < 4.78 is 53.7. The number of furan rings is 1. The molecule has 0 spiro atoms. The zero-order valence-electron chi connectivity index (χ0n) is 29.0. The third kappa shape index (κ3) is 5.76. The first-order valence-corrected chi connectivity index (χ1v) is 13.7. The van der Waals surface area contributed by atoms with E-state index in [1.165, 1.54) is 27.6 Å². The first kappa shape index (κ1) is 22.0. The summed E-state index contributed by atoms with van der Waals surface area (Å²) in [5.74, 6) is 0.